The van der Waals surface area contributed by atoms with Gasteiger partial charge in [-0.2, -0.15) is 5.10 Å². The molecule has 0 aliphatic carbocycles. The van der Waals surface area contributed by atoms with Crippen LogP contribution in [0.3, 0.4) is 0 Å². The summed E-state index contributed by atoms with van der Waals surface area (Å²) in [5.74, 6) is -0.294. The van der Waals surface area contributed by atoms with Crippen LogP contribution in [0, 0.1) is 18.7 Å². The molecule has 12 nitrogen and oxygen atoms in total. The lowest BCUT2D eigenvalue weighted by Gasteiger charge is -2.31. The molecule has 1 atom stereocenters. The molecule has 2 fully saturated rings. The van der Waals surface area contributed by atoms with Crippen molar-refractivity contribution >= 4 is 27.5 Å². The number of aromatic nitrogens is 4. The highest BCUT2D eigenvalue weighted by Gasteiger charge is 2.37. The minimum Gasteiger partial charge on any atom is -0.493 e. The number of benzene rings is 1. The summed E-state index contributed by atoms with van der Waals surface area (Å²) < 4.78 is 42.9. The summed E-state index contributed by atoms with van der Waals surface area (Å²) in [7, 11) is 0. The molecule has 5 heterocycles. The van der Waals surface area contributed by atoms with Gasteiger partial charge in [-0.1, -0.05) is 11.3 Å². The Morgan fingerprint density at radius 3 is 2.58 bits per heavy atom. The van der Waals surface area contributed by atoms with Gasteiger partial charge in [-0.05, 0) is 71.7 Å². The van der Waals surface area contributed by atoms with Crippen LogP contribution in [0.15, 0.2) is 46.2 Å². The number of thiophene rings is 1. The topological polar surface area (TPSA) is 128 Å². The largest absolute Gasteiger partial charge is 0.493 e. The minimum atomic E-state index is -1.55. The van der Waals surface area contributed by atoms with Gasteiger partial charge in [0.2, 0.25) is 5.91 Å². The second-order valence-electron chi connectivity index (χ2n) is 13.2. The fraction of sp³-hybridized carbons (Fsp3) is 0.529. The molecule has 258 valence electrons. The van der Waals surface area contributed by atoms with Crippen LogP contribution in [-0.2, 0) is 31.1 Å². The fourth-order valence-electron chi connectivity index (χ4n) is 6.05. The van der Waals surface area contributed by atoms with Gasteiger partial charge in [-0.3, -0.25) is 14.2 Å². The summed E-state index contributed by atoms with van der Waals surface area (Å²) in [6, 6.07) is 5.84. The number of aryl methyl sites for hydroxylation is 1. The maximum Gasteiger partial charge on any atom is 0.333 e. The number of hydrogen-bond acceptors (Lipinski definition) is 9. The fourth-order valence-corrected chi connectivity index (χ4v) is 7.30. The van der Waals surface area contributed by atoms with Gasteiger partial charge in [0.05, 0.1) is 37.9 Å². The molecule has 2 aliphatic rings. The van der Waals surface area contributed by atoms with Gasteiger partial charge in [0.1, 0.15) is 33.0 Å². The Hall–Kier alpha value is -3.85. The molecule has 3 aromatic heterocycles. The average Bonchev–Trinajstić information content (AvgIpc) is 3.67. The van der Waals surface area contributed by atoms with E-state index in [2.05, 4.69) is 10.4 Å². The third-order valence-corrected chi connectivity index (χ3v) is 10.1. The van der Waals surface area contributed by atoms with Gasteiger partial charge < -0.3 is 24.3 Å². The summed E-state index contributed by atoms with van der Waals surface area (Å²) in [4.78, 5) is 42.9. The number of ether oxygens (including phenoxy) is 4. The van der Waals surface area contributed by atoms with Crippen LogP contribution in [0.25, 0.3) is 15.2 Å². The maximum absolute atomic E-state index is 15.0. The summed E-state index contributed by atoms with van der Waals surface area (Å²) in [5, 5.41) is 8.17. The Balaban J connectivity index is 1.54. The molecule has 48 heavy (non-hydrogen) atoms. The minimum absolute atomic E-state index is 0.0836. The van der Waals surface area contributed by atoms with E-state index in [1.807, 2.05) is 13.8 Å². The van der Waals surface area contributed by atoms with Crippen molar-refractivity contribution in [2.24, 2.45) is 5.92 Å². The van der Waals surface area contributed by atoms with Crippen LogP contribution in [0.4, 0.5) is 4.39 Å². The van der Waals surface area contributed by atoms with Crippen LogP contribution in [0.2, 0.25) is 0 Å². The van der Waals surface area contributed by atoms with Crippen LogP contribution in [0.1, 0.15) is 57.8 Å². The number of nitrogens with zero attached hydrogens (tertiary/aromatic N) is 4. The summed E-state index contributed by atoms with van der Waals surface area (Å²) >= 11 is 1.25. The second-order valence-corrected chi connectivity index (χ2v) is 14.2. The quantitative estimate of drug-likeness (QED) is 0.237. The van der Waals surface area contributed by atoms with Crippen LogP contribution in [0.5, 0.6) is 5.75 Å². The SMILES string of the molecule is Cc1c(-n2cccn2)sc2c1c(=O)n(C(C)(C)C(=O)NC(C)C)c(=O)n2C[C@H](OC1CCOCC1)c1cc(F)ccc1OCC1COC1. The first kappa shape index (κ1) is 34.0. The normalized spacial score (nSPS) is 16.7. The van der Waals surface area contributed by atoms with Gasteiger partial charge in [0, 0.05) is 48.7 Å². The predicted molar refractivity (Wildman–Crippen MR) is 179 cm³/mol. The Kier molecular flexibility index (Phi) is 9.88. The first-order valence-corrected chi connectivity index (χ1v) is 17.1. The van der Waals surface area contributed by atoms with Crippen molar-refractivity contribution in [1.82, 2.24) is 24.2 Å². The van der Waals surface area contributed by atoms with Crippen molar-refractivity contribution < 1.29 is 28.1 Å². The number of halogens is 1. The van der Waals surface area contributed by atoms with Crippen LogP contribution in [-0.4, -0.2) is 70.0 Å². The summed E-state index contributed by atoms with van der Waals surface area (Å²) in [6.07, 6.45) is 3.55. The van der Waals surface area contributed by atoms with Gasteiger partial charge in [-0.25, -0.2) is 18.4 Å². The first-order chi connectivity index (χ1) is 23.0. The van der Waals surface area contributed by atoms with Crippen molar-refractivity contribution in [2.45, 2.75) is 77.8 Å². The monoisotopic (exact) mass is 683 g/mol. The van der Waals surface area contributed by atoms with Gasteiger partial charge >= 0.3 is 5.69 Å². The third-order valence-electron chi connectivity index (χ3n) is 8.81. The Labute approximate surface area is 281 Å². The molecular weight excluding hydrogens is 641 g/mol. The average molecular weight is 684 g/mol. The van der Waals surface area contributed by atoms with Crippen LogP contribution < -0.4 is 21.3 Å². The van der Waals surface area contributed by atoms with E-state index in [1.54, 1.807) is 50.0 Å². The van der Waals surface area contributed by atoms with E-state index in [-0.39, 0.29) is 24.6 Å². The molecule has 0 unspecified atom stereocenters. The van der Waals surface area contributed by atoms with Crippen LogP contribution >= 0.6 is 11.3 Å². The zero-order chi connectivity index (χ0) is 34.2. The Morgan fingerprint density at radius 1 is 1.19 bits per heavy atom. The zero-order valence-electron chi connectivity index (χ0n) is 27.9. The number of rotatable bonds is 12. The van der Waals surface area contributed by atoms with E-state index >= 15 is 0 Å². The number of nitrogens with one attached hydrogen (secondary N) is 1. The van der Waals surface area contributed by atoms with E-state index < -0.39 is 34.6 Å². The zero-order valence-corrected chi connectivity index (χ0v) is 28.7. The Morgan fingerprint density at radius 2 is 1.94 bits per heavy atom. The predicted octanol–water partition coefficient (Wildman–Crippen LogP) is 4.08. The summed E-state index contributed by atoms with van der Waals surface area (Å²) in [5.41, 5.74) is -1.76. The van der Waals surface area contributed by atoms with Crippen molar-refractivity contribution in [1.29, 1.82) is 0 Å². The molecule has 1 N–H and O–H groups in total. The van der Waals surface area contributed by atoms with E-state index in [0.717, 1.165) is 4.57 Å². The molecule has 0 saturated carbocycles. The van der Waals surface area contributed by atoms with Crippen molar-refractivity contribution in [2.75, 3.05) is 33.0 Å². The Bertz CT molecular complexity index is 1890. The highest BCUT2D eigenvalue weighted by Crippen LogP contribution is 2.36. The van der Waals surface area contributed by atoms with E-state index in [0.29, 0.717) is 78.0 Å². The van der Waals surface area contributed by atoms with Gasteiger partial charge in [0.15, 0.2) is 0 Å². The van der Waals surface area contributed by atoms with Crippen molar-refractivity contribution in [3.05, 3.63) is 74.4 Å². The molecule has 0 radical (unpaired) electrons. The lowest BCUT2D eigenvalue weighted by atomic mass is 10.0. The molecule has 1 amide bonds. The first-order valence-electron chi connectivity index (χ1n) is 16.3. The van der Waals surface area contributed by atoms with Gasteiger partial charge in [-0.15, -0.1) is 0 Å². The van der Waals surface area contributed by atoms with E-state index in [9.17, 15) is 18.8 Å². The van der Waals surface area contributed by atoms with Crippen molar-refractivity contribution in [3.63, 3.8) is 0 Å². The molecular formula is C34H42FN5O7S. The number of carbonyl (C=O) groups excluding carboxylic acids is 1. The molecule has 14 heteroatoms. The molecule has 4 aromatic rings. The molecule has 2 saturated heterocycles. The standard InChI is InChI=1S/C34H42FN5O7S/c1-20(2)37-32(42)34(4,5)40-29(41)28-21(3)30(39-12-6-11-36-39)48-31(28)38(33(40)43)16-27(47-24-9-13-44-14-10-24)25-15-23(35)7-8-26(25)46-19-22-17-45-18-22/h6-8,11-12,15,20,22,24,27H,9-10,13-14,16-19H2,1-5H3,(H,37,42)/t27-/m0/s1. The van der Waals surface area contributed by atoms with Crippen molar-refractivity contribution in [3.8, 4) is 10.8 Å². The summed E-state index contributed by atoms with van der Waals surface area (Å²) in [6.45, 7) is 11.0. The number of hydrogen-bond donors (Lipinski definition) is 1. The molecule has 0 bridgehead atoms. The smallest absolute Gasteiger partial charge is 0.333 e. The molecule has 6 rings (SSSR count). The van der Waals surface area contributed by atoms with Gasteiger partial charge in [0.25, 0.3) is 5.56 Å². The molecule has 0 spiro atoms. The van der Waals surface area contributed by atoms with E-state index in [4.69, 9.17) is 18.9 Å². The molecule has 1 aromatic carbocycles. The lowest BCUT2D eigenvalue weighted by molar-refractivity contribution is -0.129. The highest BCUT2D eigenvalue weighted by atomic mass is 32.1. The molecule has 2 aliphatic heterocycles. The third kappa shape index (κ3) is 6.71. The number of carbonyl (C=O) groups is 1. The number of amides is 1. The second kappa shape index (κ2) is 13.9. The lowest BCUT2D eigenvalue weighted by Crippen LogP contribution is -2.56. The highest BCUT2D eigenvalue weighted by molar-refractivity contribution is 7.21. The number of fused-ring (bicyclic) bond motifs is 1. The van der Waals surface area contributed by atoms with E-state index in [1.165, 1.54) is 28.0 Å². The maximum atomic E-state index is 15.0.